The zero-order valence-corrected chi connectivity index (χ0v) is 11.3. The SMILES string of the molecule is CNCc1nc2ccc(C(C)(C)C)cc2n1C. The Kier molecular flexibility index (Phi) is 2.96. The monoisotopic (exact) mass is 231 g/mol. The second kappa shape index (κ2) is 4.15. The van der Waals surface area contributed by atoms with Crippen molar-refractivity contribution in [2.24, 2.45) is 7.05 Å². The van der Waals surface area contributed by atoms with Crippen molar-refractivity contribution in [1.82, 2.24) is 14.9 Å². The molecule has 2 aromatic rings. The van der Waals surface area contributed by atoms with E-state index in [1.165, 1.54) is 11.1 Å². The molecule has 1 aromatic heterocycles. The maximum absolute atomic E-state index is 4.63. The minimum Gasteiger partial charge on any atom is -0.330 e. The summed E-state index contributed by atoms with van der Waals surface area (Å²) in [4.78, 5) is 4.63. The van der Waals surface area contributed by atoms with Crippen molar-refractivity contribution in [3.05, 3.63) is 29.6 Å². The topological polar surface area (TPSA) is 29.9 Å². The molecule has 0 unspecified atom stereocenters. The number of nitrogens with one attached hydrogen (secondary N) is 1. The fourth-order valence-electron chi connectivity index (χ4n) is 2.02. The Labute approximate surface area is 103 Å². The molecule has 0 saturated heterocycles. The summed E-state index contributed by atoms with van der Waals surface area (Å²) in [6, 6.07) is 6.55. The van der Waals surface area contributed by atoms with E-state index in [4.69, 9.17) is 0 Å². The Bertz CT molecular complexity index is 532. The van der Waals surface area contributed by atoms with Crippen LogP contribution in [0, 0.1) is 0 Å². The lowest BCUT2D eigenvalue weighted by atomic mass is 9.87. The quantitative estimate of drug-likeness (QED) is 0.861. The molecule has 0 aliphatic heterocycles. The average Bonchev–Trinajstić information content (AvgIpc) is 2.55. The number of fused-ring (bicyclic) bond motifs is 1. The van der Waals surface area contributed by atoms with Crippen molar-refractivity contribution in [3.8, 4) is 0 Å². The normalized spacial score (nSPS) is 12.3. The van der Waals surface area contributed by atoms with Crippen molar-refractivity contribution in [2.75, 3.05) is 7.05 Å². The first-order valence-electron chi connectivity index (χ1n) is 6.04. The summed E-state index contributed by atoms with van der Waals surface area (Å²) in [5.74, 6) is 1.08. The van der Waals surface area contributed by atoms with E-state index in [2.05, 4.69) is 60.9 Å². The molecule has 0 aliphatic carbocycles. The first-order valence-corrected chi connectivity index (χ1v) is 6.04. The molecule has 0 saturated carbocycles. The predicted octanol–water partition coefficient (Wildman–Crippen LogP) is 2.59. The summed E-state index contributed by atoms with van der Waals surface area (Å²) in [5.41, 5.74) is 3.82. The van der Waals surface area contributed by atoms with Crippen LogP contribution in [-0.4, -0.2) is 16.6 Å². The van der Waals surface area contributed by atoms with Crippen LogP contribution in [0.5, 0.6) is 0 Å². The van der Waals surface area contributed by atoms with E-state index < -0.39 is 0 Å². The van der Waals surface area contributed by atoms with E-state index >= 15 is 0 Å². The van der Waals surface area contributed by atoms with Crippen LogP contribution in [0.4, 0.5) is 0 Å². The Hall–Kier alpha value is -1.35. The second-order valence-corrected chi connectivity index (χ2v) is 5.57. The first-order chi connectivity index (χ1) is 7.93. The number of benzene rings is 1. The summed E-state index contributed by atoms with van der Waals surface area (Å²) in [6.07, 6.45) is 0. The summed E-state index contributed by atoms with van der Waals surface area (Å²) < 4.78 is 2.17. The Morgan fingerprint density at radius 2 is 2.00 bits per heavy atom. The maximum Gasteiger partial charge on any atom is 0.123 e. The molecule has 1 aromatic carbocycles. The number of nitrogens with zero attached hydrogens (tertiary/aromatic N) is 2. The fourth-order valence-corrected chi connectivity index (χ4v) is 2.02. The van der Waals surface area contributed by atoms with Crippen molar-refractivity contribution >= 4 is 11.0 Å². The molecule has 0 spiro atoms. The van der Waals surface area contributed by atoms with Gasteiger partial charge in [0.25, 0.3) is 0 Å². The van der Waals surface area contributed by atoms with Gasteiger partial charge in [0.1, 0.15) is 5.82 Å². The van der Waals surface area contributed by atoms with E-state index in [9.17, 15) is 0 Å². The van der Waals surface area contributed by atoms with Crippen LogP contribution in [0.3, 0.4) is 0 Å². The minimum atomic E-state index is 0.182. The lowest BCUT2D eigenvalue weighted by molar-refractivity contribution is 0.590. The number of imidazole rings is 1. The molecule has 2 rings (SSSR count). The van der Waals surface area contributed by atoms with Crippen molar-refractivity contribution in [3.63, 3.8) is 0 Å². The Balaban J connectivity index is 2.57. The third-order valence-electron chi connectivity index (χ3n) is 3.17. The molecular weight excluding hydrogens is 210 g/mol. The average molecular weight is 231 g/mol. The Morgan fingerprint density at radius 1 is 1.29 bits per heavy atom. The van der Waals surface area contributed by atoms with Gasteiger partial charge in [-0.05, 0) is 30.2 Å². The van der Waals surface area contributed by atoms with Gasteiger partial charge in [-0.1, -0.05) is 26.8 Å². The van der Waals surface area contributed by atoms with E-state index in [-0.39, 0.29) is 5.41 Å². The van der Waals surface area contributed by atoms with Gasteiger partial charge in [-0.25, -0.2) is 4.98 Å². The van der Waals surface area contributed by atoms with Crippen LogP contribution >= 0.6 is 0 Å². The highest BCUT2D eigenvalue weighted by molar-refractivity contribution is 5.77. The zero-order valence-electron chi connectivity index (χ0n) is 11.3. The first kappa shape index (κ1) is 12.1. The number of aromatic nitrogens is 2. The molecule has 0 amide bonds. The molecule has 3 nitrogen and oxygen atoms in total. The molecule has 0 aliphatic rings. The van der Waals surface area contributed by atoms with E-state index in [0.717, 1.165) is 17.9 Å². The van der Waals surface area contributed by atoms with Gasteiger partial charge in [0, 0.05) is 7.05 Å². The number of hydrogen-bond donors (Lipinski definition) is 1. The molecule has 17 heavy (non-hydrogen) atoms. The number of aryl methyl sites for hydroxylation is 1. The Morgan fingerprint density at radius 3 is 2.59 bits per heavy atom. The minimum absolute atomic E-state index is 0.182. The molecule has 92 valence electrons. The van der Waals surface area contributed by atoms with Gasteiger partial charge in [-0.3, -0.25) is 0 Å². The highest BCUT2D eigenvalue weighted by Crippen LogP contribution is 2.26. The van der Waals surface area contributed by atoms with Gasteiger partial charge in [0.15, 0.2) is 0 Å². The predicted molar refractivity (Wildman–Crippen MR) is 72.2 cm³/mol. The summed E-state index contributed by atoms with van der Waals surface area (Å²) in [6.45, 7) is 7.51. The maximum atomic E-state index is 4.63. The highest BCUT2D eigenvalue weighted by Gasteiger charge is 2.15. The van der Waals surface area contributed by atoms with Crippen LogP contribution in [0.1, 0.15) is 32.2 Å². The summed E-state index contributed by atoms with van der Waals surface area (Å²) in [7, 11) is 4.02. The molecule has 0 radical (unpaired) electrons. The molecule has 0 atom stereocenters. The third kappa shape index (κ3) is 2.20. The molecule has 0 bridgehead atoms. The zero-order chi connectivity index (χ0) is 12.6. The van der Waals surface area contributed by atoms with Crippen molar-refractivity contribution in [1.29, 1.82) is 0 Å². The summed E-state index contributed by atoms with van der Waals surface area (Å²) >= 11 is 0. The van der Waals surface area contributed by atoms with E-state index in [1.54, 1.807) is 0 Å². The van der Waals surface area contributed by atoms with Crippen molar-refractivity contribution < 1.29 is 0 Å². The van der Waals surface area contributed by atoms with Gasteiger partial charge in [0.2, 0.25) is 0 Å². The van der Waals surface area contributed by atoms with E-state index in [0.29, 0.717) is 0 Å². The van der Waals surface area contributed by atoms with Crippen LogP contribution in [-0.2, 0) is 19.0 Å². The standard InChI is InChI=1S/C14H21N3/c1-14(2,3)10-6-7-11-12(8-10)17(5)13(16-11)9-15-4/h6-8,15H,9H2,1-5H3. The highest BCUT2D eigenvalue weighted by atomic mass is 15.1. The van der Waals surface area contributed by atoms with Gasteiger partial charge >= 0.3 is 0 Å². The number of rotatable bonds is 2. The van der Waals surface area contributed by atoms with Crippen LogP contribution in [0.2, 0.25) is 0 Å². The largest absolute Gasteiger partial charge is 0.330 e. The van der Waals surface area contributed by atoms with Crippen LogP contribution in [0.25, 0.3) is 11.0 Å². The molecule has 1 N–H and O–H groups in total. The third-order valence-corrected chi connectivity index (χ3v) is 3.17. The lowest BCUT2D eigenvalue weighted by Gasteiger charge is -2.18. The van der Waals surface area contributed by atoms with Crippen molar-refractivity contribution in [2.45, 2.75) is 32.7 Å². The van der Waals surface area contributed by atoms with Gasteiger partial charge in [0.05, 0.1) is 17.6 Å². The van der Waals surface area contributed by atoms with Crippen LogP contribution < -0.4 is 5.32 Å². The van der Waals surface area contributed by atoms with Gasteiger partial charge in [-0.15, -0.1) is 0 Å². The van der Waals surface area contributed by atoms with E-state index in [1.807, 2.05) is 7.05 Å². The molecule has 1 heterocycles. The smallest absolute Gasteiger partial charge is 0.123 e. The molecular formula is C14H21N3. The van der Waals surface area contributed by atoms with Crippen LogP contribution in [0.15, 0.2) is 18.2 Å². The fraction of sp³-hybridized carbons (Fsp3) is 0.500. The number of hydrogen-bond acceptors (Lipinski definition) is 2. The lowest BCUT2D eigenvalue weighted by Crippen LogP contribution is -2.11. The van der Waals surface area contributed by atoms with Gasteiger partial charge in [-0.2, -0.15) is 0 Å². The molecule has 0 fully saturated rings. The second-order valence-electron chi connectivity index (χ2n) is 5.57. The van der Waals surface area contributed by atoms with Gasteiger partial charge < -0.3 is 9.88 Å². The summed E-state index contributed by atoms with van der Waals surface area (Å²) in [5, 5.41) is 3.15. The molecule has 3 heteroatoms.